The van der Waals surface area contributed by atoms with Crippen molar-refractivity contribution in [1.29, 1.82) is 0 Å². The van der Waals surface area contributed by atoms with Crippen LogP contribution in [0.1, 0.15) is 38.5 Å². The van der Waals surface area contributed by atoms with Gasteiger partial charge < -0.3 is 5.32 Å². The van der Waals surface area contributed by atoms with Crippen molar-refractivity contribution in [1.82, 2.24) is 10.8 Å². The van der Waals surface area contributed by atoms with E-state index in [4.69, 9.17) is 4.84 Å². The maximum Gasteiger partial charge on any atom is 0.247 e. The number of hydrogen-bond acceptors (Lipinski definition) is 3. The van der Waals surface area contributed by atoms with Gasteiger partial charge in [0.1, 0.15) is 0 Å². The van der Waals surface area contributed by atoms with Crippen LogP contribution in [-0.4, -0.2) is 25.1 Å². The number of hydroxylamine groups is 1. The lowest BCUT2D eigenvalue weighted by molar-refractivity contribution is -0.142. The second kappa shape index (κ2) is 5.47. The van der Waals surface area contributed by atoms with Gasteiger partial charge >= 0.3 is 0 Å². The van der Waals surface area contributed by atoms with Crippen molar-refractivity contribution in [3.05, 3.63) is 0 Å². The van der Waals surface area contributed by atoms with E-state index >= 15 is 0 Å². The highest BCUT2D eigenvalue weighted by molar-refractivity contribution is 5.77. The van der Waals surface area contributed by atoms with Gasteiger partial charge in [-0.3, -0.25) is 9.63 Å². The van der Waals surface area contributed by atoms with Crippen LogP contribution in [0, 0.1) is 5.92 Å². The number of carbonyl (C=O) groups is 1. The van der Waals surface area contributed by atoms with E-state index in [1.807, 2.05) is 0 Å². The zero-order valence-electron chi connectivity index (χ0n) is 9.13. The molecule has 0 bridgehead atoms. The van der Waals surface area contributed by atoms with E-state index in [1.54, 1.807) is 0 Å². The molecule has 0 radical (unpaired) electrons. The van der Waals surface area contributed by atoms with Crippen LogP contribution in [-0.2, 0) is 9.63 Å². The first-order chi connectivity index (χ1) is 7.36. The molecule has 1 heterocycles. The van der Waals surface area contributed by atoms with Gasteiger partial charge in [0.25, 0.3) is 0 Å². The Morgan fingerprint density at radius 1 is 1.20 bits per heavy atom. The third-order valence-electron chi connectivity index (χ3n) is 3.30. The number of carbonyl (C=O) groups excluding carboxylic acids is 1. The summed E-state index contributed by atoms with van der Waals surface area (Å²) in [5.74, 6) is 0.147. The predicted octanol–water partition coefficient (Wildman–Crippen LogP) is 0.976. The van der Waals surface area contributed by atoms with Crippen LogP contribution in [0.3, 0.4) is 0 Å². The van der Waals surface area contributed by atoms with Gasteiger partial charge in [0.15, 0.2) is 0 Å². The van der Waals surface area contributed by atoms with E-state index in [-0.39, 0.29) is 17.9 Å². The summed E-state index contributed by atoms with van der Waals surface area (Å²) < 4.78 is 0. The minimum Gasteiger partial charge on any atom is -0.316 e. The van der Waals surface area contributed by atoms with Crippen LogP contribution in [0.15, 0.2) is 0 Å². The molecule has 1 atom stereocenters. The van der Waals surface area contributed by atoms with E-state index in [0.29, 0.717) is 0 Å². The molecule has 86 valence electrons. The molecule has 1 unspecified atom stereocenters. The maximum atomic E-state index is 11.7. The molecule has 1 aliphatic heterocycles. The first-order valence-corrected chi connectivity index (χ1v) is 6.02. The molecule has 0 aromatic rings. The quantitative estimate of drug-likeness (QED) is 0.686. The highest BCUT2D eigenvalue weighted by Crippen LogP contribution is 2.20. The van der Waals surface area contributed by atoms with Crippen molar-refractivity contribution < 1.29 is 9.63 Å². The molecule has 2 aliphatic rings. The minimum atomic E-state index is 0.0501. The van der Waals surface area contributed by atoms with Crippen molar-refractivity contribution in [2.75, 3.05) is 13.1 Å². The topological polar surface area (TPSA) is 50.4 Å². The van der Waals surface area contributed by atoms with Gasteiger partial charge in [-0.15, -0.1) is 0 Å². The van der Waals surface area contributed by atoms with Crippen LogP contribution in [0.2, 0.25) is 0 Å². The van der Waals surface area contributed by atoms with Crippen molar-refractivity contribution in [2.45, 2.75) is 44.6 Å². The lowest BCUT2D eigenvalue weighted by Gasteiger charge is -2.22. The standard InChI is InChI=1S/C11H20N2O2/c14-11(9-4-3-7-12-8-9)13-15-10-5-1-2-6-10/h9-10,12H,1-8H2,(H,13,14). The Labute approximate surface area is 90.7 Å². The third kappa shape index (κ3) is 3.18. The fourth-order valence-corrected chi connectivity index (χ4v) is 2.31. The first kappa shape index (κ1) is 10.9. The molecule has 15 heavy (non-hydrogen) atoms. The van der Waals surface area contributed by atoms with Gasteiger partial charge in [-0.2, -0.15) is 0 Å². The molecule has 2 N–H and O–H groups in total. The molecular weight excluding hydrogens is 192 g/mol. The summed E-state index contributed by atoms with van der Waals surface area (Å²) in [5.41, 5.74) is 2.62. The molecular formula is C11H20N2O2. The van der Waals surface area contributed by atoms with Crippen molar-refractivity contribution in [2.24, 2.45) is 5.92 Å². The highest BCUT2D eigenvalue weighted by Gasteiger charge is 2.23. The van der Waals surface area contributed by atoms with Gasteiger partial charge in [0.05, 0.1) is 12.0 Å². The van der Waals surface area contributed by atoms with Crippen molar-refractivity contribution >= 4 is 5.91 Å². The Hall–Kier alpha value is -0.610. The molecule has 1 saturated heterocycles. The van der Waals surface area contributed by atoms with Gasteiger partial charge in [0, 0.05) is 6.54 Å². The van der Waals surface area contributed by atoms with E-state index in [2.05, 4.69) is 10.8 Å². The molecule has 0 aromatic heterocycles. The van der Waals surface area contributed by atoms with Crippen LogP contribution in [0.4, 0.5) is 0 Å². The summed E-state index contributed by atoms with van der Waals surface area (Å²) in [6, 6.07) is 0. The Bertz CT molecular complexity index is 209. The molecule has 4 heteroatoms. The molecule has 4 nitrogen and oxygen atoms in total. The Morgan fingerprint density at radius 3 is 2.67 bits per heavy atom. The summed E-state index contributed by atoms with van der Waals surface area (Å²) in [7, 11) is 0. The number of rotatable bonds is 3. The fraction of sp³-hybridized carbons (Fsp3) is 0.909. The number of piperidine rings is 1. The van der Waals surface area contributed by atoms with E-state index in [9.17, 15) is 4.79 Å². The smallest absolute Gasteiger partial charge is 0.247 e. The van der Waals surface area contributed by atoms with Gasteiger partial charge in [0.2, 0.25) is 5.91 Å². The monoisotopic (exact) mass is 212 g/mol. The van der Waals surface area contributed by atoms with Gasteiger partial charge in [-0.1, -0.05) is 12.8 Å². The van der Waals surface area contributed by atoms with E-state index < -0.39 is 0 Å². The van der Waals surface area contributed by atoms with E-state index in [0.717, 1.165) is 38.8 Å². The molecule has 1 saturated carbocycles. The summed E-state index contributed by atoms with van der Waals surface area (Å²) >= 11 is 0. The Kier molecular flexibility index (Phi) is 3.97. The predicted molar refractivity (Wildman–Crippen MR) is 57.1 cm³/mol. The van der Waals surface area contributed by atoms with Crippen molar-refractivity contribution in [3.63, 3.8) is 0 Å². The Morgan fingerprint density at radius 2 is 2.00 bits per heavy atom. The lowest BCUT2D eigenvalue weighted by atomic mass is 9.99. The summed E-state index contributed by atoms with van der Waals surface area (Å²) in [6.07, 6.45) is 6.95. The highest BCUT2D eigenvalue weighted by atomic mass is 16.7. The average Bonchev–Trinajstić information content (AvgIpc) is 2.80. The molecule has 1 aliphatic carbocycles. The molecule has 2 fully saturated rings. The molecule has 1 amide bonds. The largest absolute Gasteiger partial charge is 0.316 e. The summed E-state index contributed by atoms with van der Waals surface area (Å²) in [4.78, 5) is 17.1. The van der Waals surface area contributed by atoms with E-state index in [1.165, 1.54) is 12.8 Å². The maximum absolute atomic E-state index is 11.7. The van der Waals surface area contributed by atoms with Gasteiger partial charge in [-0.25, -0.2) is 5.48 Å². The Balaban J connectivity index is 1.66. The van der Waals surface area contributed by atoms with Crippen LogP contribution < -0.4 is 10.8 Å². The zero-order valence-corrected chi connectivity index (χ0v) is 9.13. The minimum absolute atomic E-state index is 0.0501. The first-order valence-electron chi connectivity index (χ1n) is 6.02. The molecule has 2 rings (SSSR count). The third-order valence-corrected chi connectivity index (χ3v) is 3.30. The molecule has 0 spiro atoms. The average molecular weight is 212 g/mol. The van der Waals surface area contributed by atoms with Gasteiger partial charge in [-0.05, 0) is 32.2 Å². The summed E-state index contributed by atoms with van der Waals surface area (Å²) in [6.45, 7) is 1.83. The SMILES string of the molecule is O=C(NOC1CCCC1)C1CCCNC1. The molecule has 0 aromatic carbocycles. The van der Waals surface area contributed by atoms with Crippen LogP contribution in [0.25, 0.3) is 0 Å². The second-order valence-electron chi connectivity index (χ2n) is 4.53. The zero-order chi connectivity index (χ0) is 10.5. The second-order valence-corrected chi connectivity index (χ2v) is 4.53. The van der Waals surface area contributed by atoms with Crippen LogP contribution >= 0.6 is 0 Å². The van der Waals surface area contributed by atoms with Crippen molar-refractivity contribution in [3.8, 4) is 0 Å². The normalized spacial score (nSPS) is 27.9. The number of hydrogen-bond donors (Lipinski definition) is 2. The number of amides is 1. The fourth-order valence-electron chi connectivity index (χ4n) is 2.31. The van der Waals surface area contributed by atoms with Crippen LogP contribution in [0.5, 0.6) is 0 Å². The number of nitrogens with one attached hydrogen (secondary N) is 2. The lowest BCUT2D eigenvalue weighted by Crippen LogP contribution is -2.41. The summed E-state index contributed by atoms with van der Waals surface area (Å²) in [5, 5.41) is 3.23.